The molecule has 20 heteroatoms. The number of azo groups is 2. The molecular formula is C27H36N8O8S4. The Morgan fingerprint density at radius 1 is 0.660 bits per heavy atom. The molecule has 0 aliphatic heterocycles. The lowest BCUT2D eigenvalue weighted by Crippen LogP contribution is -2.25. The van der Waals surface area contributed by atoms with Gasteiger partial charge in [0, 0.05) is 49.3 Å². The number of anilines is 2. The topological polar surface area (TPSA) is 197 Å². The van der Waals surface area contributed by atoms with Gasteiger partial charge in [0.05, 0.1) is 36.8 Å². The van der Waals surface area contributed by atoms with E-state index in [1.807, 2.05) is 70.6 Å². The monoisotopic (exact) mass is 728 g/mol. The first-order chi connectivity index (χ1) is 22.1. The zero-order chi connectivity index (χ0) is 35.0. The SMILES string of the molecule is CN(CCCN(C)c1ccc(N=Nc2scc[n+]2C)cc1)c1ccc(N=Nc2scc[n+]2C)cc1.CS(=O)(=O)O[O-].CS(=O)(=O)O[O-]. The van der Waals surface area contributed by atoms with Crippen LogP contribution in [0.5, 0.6) is 0 Å². The molecule has 0 saturated heterocycles. The Morgan fingerprint density at radius 3 is 1.23 bits per heavy atom. The molecule has 0 aliphatic carbocycles. The molecule has 2 aromatic heterocycles. The minimum Gasteiger partial charge on any atom is -0.707 e. The number of hydrogen-bond donors (Lipinski definition) is 0. The van der Waals surface area contributed by atoms with Gasteiger partial charge in [-0.15, -0.1) is 0 Å². The molecule has 0 saturated carbocycles. The van der Waals surface area contributed by atoms with Gasteiger partial charge in [-0.3, -0.25) is 0 Å². The second-order valence-corrected chi connectivity index (χ2v) is 14.6. The van der Waals surface area contributed by atoms with E-state index in [4.69, 9.17) is 10.5 Å². The summed E-state index contributed by atoms with van der Waals surface area (Å²) in [6, 6.07) is 16.4. The molecule has 2 aromatic carbocycles. The van der Waals surface area contributed by atoms with Crippen LogP contribution < -0.4 is 29.4 Å². The summed E-state index contributed by atoms with van der Waals surface area (Å²) in [6.07, 6.45) is 6.35. The highest BCUT2D eigenvalue weighted by Crippen LogP contribution is 2.24. The summed E-state index contributed by atoms with van der Waals surface area (Å²) in [5.41, 5.74) is 4.04. The Balaban J connectivity index is 0.000000546. The Hall–Kier alpha value is -3.76. The molecular weight excluding hydrogens is 693 g/mol. The maximum Gasteiger partial charge on any atom is 0.408 e. The molecule has 47 heavy (non-hydrogen) atoms. The van der Waals surface area contributed by atoms with Crippen LogP contribution in [0.2, 0.25) is 0 Å². The van der Waals surface area contributed by atoms with Gasteiger partial charge >= 0.3 is 10.3 Å². The van der Waals surface area contributed by atoms with Crippen molar-refractivity contribution in [3.05, 3.63) is 71.7 Å². The Morgan fingerprint density at radius 2 is 0.979 bits per heavy atom. The largest absolute Gasteiger partial charge is 0.707 e. The van der Waals surface area contributed by atoms with Crippen molar-refractivity contribution < 1.29 is 45.2 Å². The van der Waals surface area contributed by atoms with Crippen molar-refractivity contribution in [2.24, 2.45) is 34.6 Å². The van der Waals surface area contributed by atoms with Gasteiger partial charge in [-0.2, -0.15) is 0 Å². The number of aromatic nitrogens is 2. The van der Waals surface area contributed by atoms with Gasteiger partial charge in [0.15, 0.2) is 0 Å². The summed E-state index contributed by atoms with van der Waals surface area (Å²) >= 11 is 3.14. The van der Waals surface area contributed by atoms with Crippen LogP contribution in [0.4, 0.5) is 33.0 Å². The molecule has 0 radical (unpaired) electrons. The Bertz CT molecular complexity index is 1660. The molecule has 0 atom stereocenters. The molecule has 0 fully saturated rings. The Kier molecular flexibility index (Phi) is 16.1. The lowest BCUT2D eigenvalue weighted by molar-refractivity contribution is -0.654. The van der Waals surface area contributed by atoms with Crippen LogP contribution in [0.1, 0.15) is 6.42 Å². The van der Waals surface area contributed by atoms with Crippen LogP contribution in [0.15, 0.2) is 92.1 Å². The zero-order valence-corrected chi connectivity index (χ0v) is 29.8. The first-order valence-electron chi connectivity index (χ1n) is 13.5. The zero-order valence-electron chi connectivity index (χ0n) is 26.5. The van der Waals surface area contributed by atoms with Crippen LogP contribution in [-0.2, 0) is 43.0 Å². The van der Waals surface area contributed by atoms with Gasteiger partial charge < -0.3 is 29.0 Å². The molecule has 0 amide bonds. The van der Waals surface area contributed by atoms with Crippen molar-refractivity contribution in [1.29, 1.82) is 0 Å². The molecule has 0 aliphatic rings. The predicted octanol–water partition coefficient (Wildman–Crippen LogP) is 2.73. The first-order valence-corrected chi connectivity index (χ1v) is 18.9. The molecule has 16 nitrogen and oxygen atoms in total. The van der Waals surface area contributed by atoms with Crippen molar-refractivity contribution in [1.82, 2.24) is 0 Å². The third-order valence-electron chi connectivity index (χ3n) is 5.84. The summed E-state index contributed by atoms with van der Waals surface area (Å²) in [4.78, 5) is 4.53. The van der Waals surface area contributed by atoms with Crippen LogP contribution in [0.25, 0.3) is 0 Å². The average Bonchev–Trinajstić information content (AvgIpc) is 3.65. The number of hydrogen-bond acceptors (Lipinski definition) is 16. The van der Waals surface area contributed by atoms with E-state index in [9.17, 15) is 16.8 Å². The number of nitrogens with zero attached hydrogens (tertiary/aromatic N) is 8. The van der Waals surface area contributed by atoms with E-state index in [2.05, 4.69) is 77.3 Å². The van der Waals surface area contributed by atoms with E-state index < -0.39 is 20.2 Å². The average molecular weight is 729 g/mol. The fourth-order valence-electron chi connectivity index (χ4n) is 3.40. The fraction of sp³-hybridized carbons (Fsp3) is 0.333. The second kappa shape index (κ2) is 19.2. The van der Waals surface area contributed by atoms with Gasteiger partial charge in [0.1, 0.15) is 23.8 Å². The number of thiazole rings is 2. The van der Waals surface area contributed by atoms with Crippen LogP contribution >= 0.6 is 22.7 Å². The van der Waals surface area contributed by atoms with Crippen molar-refractivity contribution in [2.75, 3.05) is 49.5 Å². The van der Waals surface area contributed by atoms with Gasteiger partial charge in [0.25, 0.3) is 20.2 Å². The van der Waals surface area contributed by atoms with E-state index in [0.29, 0.717) is 12.5 Å². The number of rotatable bonds is 12. The minimum absolute atomic E-state index is 0.681. The van der Waals surface area contributed by atoms with Gasteiger partial charge in [-0.25, -0.2) is 26.0 Å². The van der Waals surface area contributed by atoms with Gasteiger partial charge in [-0.1, -0.05) is 0 Å². The normalized spacial score (nSPS) is 11.6. The maximum atomic E-state index is 9.47. The van der Waals surface area contributed by atoms with E-state index in [-0.39, 0.29) is 0 Å². The standard InChI is InChI=1S/C25H30N8S2.2CH4O4S/c1-30(22-10-6-20(7-11-22)26-28-24-32(3)16-18-34-24)14-5-15-31(2)23-12-8-21(9-13-23)27-29-25-33(4)17-19-35-25;2*1-6(3,4)5-2/h6-13,16-19H,5,14-15H2,1-4H3;2*2H,1H3/q+2;;/p-2. The number of benzene rings is 2. The lowest BCUT2D eigenvalue weighted by Gasteiger charge is -2.23. The quantitative estimate of drug-likeness (QED) is 0.0905. The van der Waals surface area contributed by atoms with Crippen molar-refractivity contribution in [2.45, 2.75) is 6.42 Å². The Labute approximate surface area is 282 Å². The maximum absolute atomic E-state index is 9.47. The first kappa shape index (κ1) is 39.4. The summed E-state index contributed by atoms with van der Waals surface area (Å²) in [7, 11) is 0.740. The highest BCUT2D eigenvalue weighted by atomic mass is 32.2. The molecule has 256 valence electrons. The summed E-state index contributed by atoms with van der Waals surface area (Å²) < 4.78 is 47.1. The molecule has 0 spiro atoms. The van der Waals surface area contributed by atoms with E-state index >= 15 is 0 Å². The van der Waals surface area contributed by atoms with Crippen molar-refractivity contribution in [3.63, 3.8) is 0 Å². The van der Waals surface area contributed by atoms with E-state index in [1.54, 1.807) is 22.7 Å². The third-order valence-corrected chi connectivity index (χ3v) is 8.01. The molecule has 0 N–H and O–H groups in total. The van der Waals surface area contributed by atoms with Gasteiger partial charge in [-0.05, 0) is 87.9 Å². The molecule has 0 bridgehead atoms. The second-order valence-electron chi connectivity index (χ2n) is 9.77. The molecule has 4 aromatic rings. The number of aryl methyl sites for hydroxylation is 2. The molecule has 0 unspecified atom stereocenters. The third kappa shape index (κ3) is 15.6. The van der Waals surface area contributed by atoms with Crippen LogP contribution in [0, 0.1) is 0 Å². The lowest BCUT2D eigenvalue weighted by atomic mass is 10.2. The summed E-state index contributed by atoms with van der Waals surface area (Å²) in [5.74, 6) is 0. The molecule has 2 heterocycles. The van der Waals surface area contributed by atoms with Crippen LogP contribution in [-0.4, -0.2) is 56.5 Å². The highest BCUT2D eigenvalue weighted by molar-refractivity contribution is 7.86. The summed E-state index contributed by atoms with van der Waals surface area (Å²) in [5, 5.41) is 40.8. The van der Waals surface area contributed by atoms with Crippen LogP contribution in [0.3, 0.4) is 0 Å². The van der Waals surface area contributed by atoms with E-state index in [0.717, 1.165) is 41.1 Å². The highest BCUT2D eigenvalue weighted by Gasteiger charge is 2.09. The minimum atomic E-state index is -3.72. The van der Waals surface area contributed by atoms with Crippen molar-refractivity contribution >= 4 is 75.9 Å². The van der Waals surface area contributed by atoms with Crippen molar-refractivity contribution in [3.8, 4) is 0 Å². The summed E-state index contributed by atoms with van der Waals surface area (Å²) in [6.45, 7) is 1.92. The predicted molar refractivity (Wildman–Crippen MR) is 175 cm³/mol. The fourth-order valence-corrected chi connectivity index (χ4v) is 4.76. The smallest absolute Gasteiger partial charge is 0.408 e. The molecule has 4 rings (SSSR count). The van der Waals surface area contributed by atoms with Gasteiger partial charge in [0.2, 0.25) is 0 Å². The van der Waals surface area contributed by atoms with E-state index in [1.165, 1.54) is 11.4 Å².